The van der Waals surface area contributed by atoms with Gasteiger partial charge in [-0.05, 0) is 49.2 Å². The maximum Gasteiger partial charge on any atom is 0.236 e. The summed E-state index contributed by atoms with van der Waals surface area (Å²) in [7, 11) is 1.61. The average Bonchev–Trinajstić information content (AvgIpc) is 3.02. The Morgan fingerprint density at radius 2 is 2.00 bits per heavy atom. The Labute approximate surface area is 138 Å². The van der Waals surface area contributed by atoms with Crippen molar-refractivity contribution in [3.05, 3.63) is 54.4 Å². The van der Waals surface area contributed by atoms with Gasteiger partial charge in [-0.25, -0.2) is 0 Å². The van der Waals surface area contributed by atoms with E-state index in [0.717, 1.165) is 24.3 Å². The van der Waals surface area contributed by atoms with Crippen molar-refractivity contribution in [1.29, 1.82) is 0 Å². The predicted molar refractivity (Wildman–Crippen MR) is 86.7 cm³/mol. The van der Waals surface area contributed by atoms with Crippen LogP contribution in [-0.4, -0.2) is 18.2 Å². The fourth-order valence-corrected chi connectivity index (χ4v) is 2.69. The highest BCUT2D eigenvalue weighted by Gasteiger charge is 2.54. The number of nitrogens with one attached hydrogen (secondary N) is 1. The molecule has 0 spiro atoms. The SMILES string of the molecule is COc1ccc(NC(=O)C2(c3cc(-c4ccco4)on3)CC2)cc1. The Kier molecular flexibility index (Phi) is 3.37. The van der Waals surface area contributed by atoms with Gasteiger partial charge in [-0.15, -0.1) is 0 Å². The fraction of sp³-hybridized carbons (Fsp3) is 0.222. The van der Waals surface area contributed by atoms with E-state index in [4.69, 9.17) is 13.7 Å². The van der Waals surface area contributed by atoms with Crippen molar-refractivity contribution in [2.24, 2.45) is 0 Å². The monoisotopic (exact) mass is 324 g/mol. The standard InChI is InChI=1S/C18H16N2O4/c1-22-13-6-4-12(5-7-13)19-17(21)18(8-9-18)16-11-15(24-20-16)14-3-2-10-23-14/h2-7,10-11H,8-9H2,1H3,(H,19,21). The molecule has 2 heterocycles. The van der Waals surface area contributed by atoms with Crippen molar-refractivity contribution in [3.63, 3.8) is 0 Å². The molecule has 0 unspecified atom stereocenters. The maximum atomic E-state index is 12.7. The van der Waals surface area contributed by atoms with Crippen molar-refractivity contribution in [1.82, 2.24) is 5.16 Å². The Hall–Kier alpha value is -3.02. The van der Waals surface area contributed by atoms with Crippen molar-refractivity contribution in [2.45, 2.75) is 18.3 Å². The first-order chi connectivity index (χ1) is 11.7. The minimum Gasteiger partial charge on any atom is -0.497 e. The quantitative estimate of drug-likeness (QED) is 0.775. The number of ether oxygens (including phenoxy) is 1. The molecule has 1 aliphatic carbocycles. The van der Waals surface area contributed by atoms with E-state index in [-0.39, 0.29) is 5.91 Å². The second kappa shape index (κ2) is 5.56. The molecule has 3 aromatic rings. The zero-order valence-corrected chi connectivity index (χ0v) is 13.1. The summed E-state index contributed by atoms with van der Waals surface area (Å²) in [6.07, 6.45) is 3.07. The highest BCUT2D eigenvalue weighted by atomic mass is 16.5. The Morgan fingerprint density at radius 3 is 2.62 bits per heavy atom. The minimum absolute atomic E-state index is 0.0769. The van der Waals surface area contributed by atoms with Crippen LogP contribution in [0.2, 0.25) is 0 Å². The summed E-state index contributed by atoms with van der Waals surface area (Å²) in [4.78, 5) is 12.7. The van der Waals surface area contributed by atoms with Crippen LogP contribution in [0, 0.1) is 0 Å². The summed E-state index contributed by atoms with van der Waals surface area (Å²) in [6.45, 7) is 0. The van der Waals surface area contributed by atoms with E-state index >= 15 is 0 Å². The van der Waals surface area contributed by atoms with Gasteiger partial charge in [0.25, 0.3) is 0 Å². The molecule has 0 atom stereocenters. The molecule has 1 aliphatic rings. The number of benzene rings is 1. The molecule has 1 saturated carbocycles. The third kappa shape index (κ3) is 2.46. The van der Waals surface area contributed by atoms with Crippen LogP contribution in [0.25, 0.3) is 11.5 Å². The molecule has 0 bridgehead atoms. The number of carbonyl (C=O) groups excluding carboxylic acids is 1. The smallest absolute Gasteiger partial charge is 0.236 e. The Morgan fingerprint density at radius 1 is 1.21 bits per heavy atom. The maximum absolute atomic E-state index is 12.7. The summed E-state index contributed by atoms with van der Waals surface area (Å²) < 4.78 is 15.7. The van der Waals surface area contributed by atoms with E-state index in [1.54, 1.807) is 43.7 Å². The molecule has 1 N–H and O–H groups in total. The van der Waals surface area contributed by atoms with E-state index in [1.165, 1.54) is 0 Å². The lowest BCUT2D eigenvalue weighted by atomic mass is 10.0. The molecule has 2 aromatic heterocycles. The van der Waals surface area contributed by atoms with E-state index in [9.17, 15) is 4.79 Å². The Bertz CT molecular complexity index is 846. The molecule has 0 radical (unpaired) electrons. The van der Waals surface area contributed by atoms with E-state index < -0.39 is 5.41 Å². The van der Waals surface area contributed by atoms with Gasteiger partial charge in [-0.3, -0.25) is 4.79 Å². The fourth-order valence-electron chi connectivity index (χ4n) is 2.69. The van der Waals surface area contributed by atoms with Crippen molar-refractivity contribution in [3.8, 4) is 17.3 Å². The van der Waals surface area contributed by atoms with Crippen LogP contribution in [0.3, 0.4) is 0 Å². The third-order valence-electron chi connectivity index (χ3n) is 4.30. The molecular weight excluding hydrogens is 308 g/mol. The molecule has 1 aromatic carbocycles. The summed E-state index contributed by atoms with van der Waals surface area (Å²) >= 11 is 0. The van der Waals surface area contributed by atoms with Crippen LogP contribution >= 0.6 is 0 Å². The highest BCUT2D eigenvalue weighted by molar-refractivity contribution is 6.01. The van der Waals surface area contributed by atoms with Gasteiger partial charge in [0.2, 0.25) is 11.7 Å². The molecular formula is C18H16N2O4. The molecule has 0 aliphatic heterocycles. The van der Waals surface area contributed by atoms with Crippen molar-refractivity contribution < 1.29 is 18.5 Å². The first-order valence-electron chi connectivity index (χ1n) is 7.68. The van der Waals surface area contributed by atoms with Gasteiger partial charge in [-0.1, -0.05) is 5.16 Å². The van der Waals surface area contributed by atoms with E-state index in [0.29, 0.717) is 17.2 Å². The number of hydrogen-bond donors (Lipinski definition) is 1. The van der Waals surface area contributed by atoms with Gasteiger partial charge in [0, 0.05) is 11.8 Å². The predicted octanol–water partition coefficient (Wildman–Crippen LogP) is 3.61. The number of hydrogen-bond acceptors (Lipinski definition) is 5. The lowest BCUT2D eigenvalue weighted by Crippen LogP contribution is -2.28. The van der Waals surface area contributed by atoms with E-state index in [1.807, 2.05) is 12.1 Å². The summed E-state index contributed by atoms with van der Waals surface area (Å²) in [5.41, 5.74) is 0.746. The number of carbonyl (C=O) groups is 1. The van der Waals surface area contributed by atoms with Crippen LogP contribution in [0.5, 0.6) is 5.75 Å². The molecule has 0 saturated heterocycles. The zero-order valence-electron chi connectivity index (χ0n) is 13.1. The molecule has 1 fully saturated rings. The largest absolute Gasteiger partial charge is 0.497 e. The summed E-state index contributed by atoms with van der Waals surface area (Å²) in [5, 5.41) is 7.02. The normalized spacial score (nSPS) is 15.0. The van der Waals surface area contributed by atoms with Gasteiger partial charge in [0.1, 0.15) is 5.75 Å². The van der Waals surface area contributed by atoms with Crippen LogP contribution in [0.15, 0.2) is 57.7 Å². The van der Waals surface area contributed by atoms with Crippen LogP contribution < -0.4 is 10.1 Å². The lowest BCUT2D eigenvalue weighted by molar-refractivity contribution is -0.118. The summed E-state index contributed by atoms with van der Waals surface area (Å²) in [5.74, 6) is 1.79. The molecule has 6 heteroatoms. The zero-order chi connectivity index (χ0) is 16.6. The van der Waals surface area contributed by atoms with Gasteiger partial charge < -0.3 is 19.0 Å². The van der Waals surface area contributed by atoms with Crippen LogP contribution in [0.1, 0.15) is 18.5 Å². The van der Waals surface area contributed by atoms with Crippen LogP contribution in [-0.2, 0) is 10.2 Å². The topological polar surface area (TPSA) is 77.5 Å². The van der Waals surface area contributed by atoms with Crippen LogP contribution in [0.4, 0.5) is 5.69 Å². The summed E-state index contributed by atoms with van der Waals surface area (Å²) in [6, 6.07) is 12.6. The number of aromatic nitrogens is 1. The Balaban J connectivity index is 1.53. The average molecular weight is 324 g/mol. The van der Waals surface area contributed by atoms with Gasteiger partial charge in [0.15, 0.2) is 5.76 Å². The highest BCUT2D eigenvalue weighted by Crippen LogP contribution is 2.49. The molecule has 4 rings (SSSR count). The second-order valence-corrected chi connectivity index (χ2v) is 5.82. The van der Waals surface area contributed by atoms with Crippen molar-refractivity contribution >= 4 is 11.6 Å². The number of amides is 1. The van der Waals surface area contributed by atoms with Gasteiger partial charge >= 0.3 is 0 Å². The molecule has 6 nitrogen and oxygen atoms in total. The van der Waals surface area contributed by atoms with Crippen molar-refractivity contribution in [2.75, 3.05) is 12.4 Å². The number of anilines is 1. The first-order valence-corrected chi connectivity index (χ1v) is 7.68. The lowest BCUT2D eigenvalue weighted by Gasteiger charge is -2.12. The number of rotatable bonds is 5. The van der Waals surface area contributed by atoms with Gasteiger partial charge in [-0.2, -0.15) is 0 Å². The first kappa shape index (κ1) is 14.6. The number of furan rings is 1. The van der Waals surface area contributed by atoms with E-state index in [2.05, 4.69) is 10.5 Å². The number of methoxy groups -OCH3 is 1. The molecule has 24 heavy (non-hydrogen) atoms. The number of nitrogens with zero attached hydrogens (tertiary/aromatic N) is 1. The van der Waals surface area contributed by atoms with Gasteiger partial charge in [0.05, 0.1) is 24.5 Å². The molecule has 122 valence electrons. The minimum atomic E-state index is -0.617. The second-order valence-electron chi connectivity index (χ2n) is 5.82. The molecule has 1 amide bonds. The third-order valence-corrected chi connectivity index (χ3v) is 4.30.